The van der Waals surface area contributed by atoms with Crippen LogP contribution in [-0.2, 0) is 36.5 Å². The molecule has 1 spiro atoms. The minimum absolute atomic E-state index is 0.0244. The van der Waals surface area contributed by atoms with Gasteiger partial charge in [-0.3, -0.25) is 4.79 Å². The minimum Gasteiger partial charge on any atom is -0.351 e. The molecule has 1 aromatic rings. The van der Waals surface area contributed by atoms with Crippen LogP contribution in [0.4, 0.5) is 0 Å². The molecule has 10 heteroatoms. The predicted octanol–water partition coefficient (Wildman–Crippen LogP) is 2.37. The normalized spacial score (nSPS) is 30.8. The third kappa shape index (κ3) is 4.73. The van der Waals surface area contributed by atoms with Crippen LogP contribution in [0.15, 0.2) is 24.3 Å². The zero-order valence-electron chi connectivity index (χ0n) is 22.9. The number of rotatable bonds is 8. The van der Waals surface area contributed by atoms with Gasteiger partial charge in [-0.2, -0.15) is 0 Å². The lowest BCUT2D eigenvalue weighted by molar-refractivity contribution is -0.124. The molecule has 3 N–H and O–H groups in total. The number of nitrogens with one attached hydrogen (secondary N) is 1. The quantitative estimate of drug-likeness (QED) is 0.498. The Kier molecular flexibility index (Phi) is 7.06. The second kappa shape index (κ2) is 9.56. The van der Waals surface area contributed by atoms with E-state index in [4.69, 9.17) is 5.73 Å². The molecule has 38 heavy (non-hydrogen) atoms. The van der Waals surface area contributed by atoms with Crippen LogP contribution in [0.1, 0.15) is 69.9 Å². The van der Waals surface area contributed by atoms with E-state index in [1.165, 1.54) is 11.1 Å². The van der Waals surface area contributed by atoms with Crippen molar-refractivity contribution in [2.45, 2.75) is 82.7 Å². The maximum atomic E-state index is 14.0. The Balaban J connectivity index is 1.30. The van der Waals surface area contributed by atoms with Gasteiger partial charge in [0.15, 0.2) is 0 Å². The number of sulfone groups is 1. The van der Waals surface area contributed by atoms with Crippen molar-refractivity contribution in [3.05, 3.63) is 35.4 Å². The fourth-order valence-corrected chi connectivity index (χ4v) is 11.2. The van der Waals surface area contributed by atoms with Crippen LogP contribution in [0.5, 0.6) is 0 Å². The summed E-state index contributed by atoms with van der Waals surface area (Å²) in [4.78, 5) is 13.0. The number of carbonyl (C=O) groups is 1. The molecule has 8 nitrogen and oxygen atoms in total. The van der Waals surface area contributed by atoms with Crippen molar-refractivity contribution < 1.29 is 21.6 Å². The van der Waals surface area contributed by atoms with E-state index in [0.717, 1.165) is 51.2 Å². The van der Waals surface area contributed by atoms with Crippen molar-refractivity contribution in [2.24, 2.45) is 22.5 Å². The average Bonchev–Trinajstić information content (AvgIpc) is 3.39. The van der Waals surface area contributed by atoms with Crippen LogP contribution in [0, 0.1) is 16.7 Å². The van der Waals surface area contributed by atoms with E-state index in [1.807, 2.05) is 0 Å². The highest BCUT2D eigenvalue weighted by Crippen LogP contribution is 2.66. The standard InChI is InChI=1S/C28H43N3O5S2/c1-26(2)21-9-12-28(26,24(18-21)30-25(32)23(29)10-17-37(3,33)34)19-38(35,36)31-15-13-27(14-16-31)11-8-20-6-4-5-7-22(20)27/h4-7,21,23-24H,8-19,29H2,1-3H3,(H,30,32)/t21?,23-,24-,28+/m0/s1. The Morgan fingerprint density at radius 1 is 1.11 bits per heavy atom. The van der Waals surface area contributed by atoms with Gasteiger partial charge in [0.2, 0.25) is 15.9 Å². The summed E-state index contributed by atoms with van der Waals surface area (Å²) in [6.45, 7) is 5.36. The predicted molar refractivity (Wildman–Crippen MR) is 149 cm³/mol. The number of fused-ring (bicyclic) bond motifs is 4. The largest absolute Gasteiger partial charge is 0.351 e. The molecular formula is C28H43N3O5S2. The van der Waals surface area contributed by atoms with Gasteiger partial charge in [-0.15, -0.1) is 0 Å². The number of nitrogens with two attached hydrogens (primary N) is 1. The zero-order valence-corrected chi connectivity index (χ0v) is 24.5. The summed E-state index contributed by atoms with van der Waals surface area (Å²) in [5.74, 6) is -0.189. The molecule has 2 saturated carbocycles. The highest BCUT2D eigenvalue weighted by molar-refractivity contribution is 7.90. The second-order valence-corrected chi connectivity index (χ2v) is 17.3. The summed E-state index contributed by atoms with van der Waals surface area (Å²) < 4.78 is 52.7. The molecule has 3 fully saturated rings. The molecular weight excluding hydrogens is 522 g/mol. The summed E-state index contributed by atoms with van der Waals surface area (Å²) in [5.41, 5.74) is 8.13. The maximum Gasteiger partial charge on any atom is 0.237 e. The van der Waals surface area contributed by atoms with E-state index in [-0.39, 0.29) is 34.8 Å². The first-order valence-electron chi connectivity index (χ1n) is 14.0. The van der Waals surface area contributed by atoms with Crippen LogP contribution in [0.3, 0.4) is 0 Å². The van der Waals surface area contributed by atoms with E-state index in [1.54, 1.807) is 4.31 Å². The lowest BCUT2D eigenvalue weighted by atomic mass is 9.69. The summed E-state index contributed by atoms with van der Waals surface area (Å²) >= 11 is 0. The fourth-order valence-electron chi connectivity index (χ4n) is 8.27. The van der Waals surface area contributed by atoms with Crippen molar-refractivity contribution in [2.75, 3.05) is 30.9 Å². The molecule has 1 amide bonds. The van der Waals surface area contributed by atoms with E-state index in [0.29, 0.717) is 19.0 Å². The van der Waals surface area contributed by atoms with Gasteiger partial charge in [0.1, 0.15) is 9.84 Å². The lowest BCUT2D eigenvalue weighted by Crippen LogP contribution is -2.57. The third-order valence-electron chi connectivity index (χ3n) is 10.9. The first-order chi connectivity index (χ1) is 17.7. The van der Waals surface area contributed by atoms with Crippen LogP contribution in [0.2, 0.25) is 0 Å². The van der Waals surface area contributed by atoms with Gasteiger partial charge in [-0.1, -0.05) is 38.1 Å². The topological polar surface area (TPSA) is 127 Å². The number of carbonyl (C=O) groups excluding carboxylic acids is 1. The number of nitrogens with zero attached hydrogens (tertiary/aromatic N) is 1. The van der Waals surface area contributed by atoms with E-state index >= 15 is 0 Å². The Hall–Kier alpha value is -1.49. The molecule has 3 aliphatic carbocycles. The average molecular weight is 566 g/mol. The number of piperidine rings is 1. The van der Waals surface area contributed by atoms with Gasteiger partial charge < -0.3 is 11.1 Å². The fraction of sp³-hybridized carbons (Fsp3) is 0.750. The molecule has 2 bridgehead atoms. The monoisotopic (exact) mass is 565 g/mol. The molecule has 0 aromatic heterocycles. The van der Waals surface area contributed by atoms with Crippen LogP contribution < -0.4 is 11.1 Å². The molecule has 4 aliphatic rings. The molecule has 0 radical (unpaired) electrons. The third-order valence-corrected chi connectivity index (χ3v) is 13.9. The van der Waals surface area contributed by atoms with E-state index < -0.39 is 37.2 Å². The molecule has 1 heterocycles. The van der Waals surface area contributed by atoms with Gasteiger partial charge in [0.05, 0.1) is 17.5 Å². The van der Waals surface area contributed by atoms with Gasteiger partial charge in [-0.25, -0.2) is 21.1 Å². The van der Waals surface area contributed by atoms with E-state index in [2.05, 4.69) is 43.4 Å². The molecule has 1 unspecified atom stereocenters. The van der Waals surface area contributed by atoms with Gasteiger partial charge in [0, 0.05) is 30.8 Å². The van der Waals surface area contributed by atoms with Gasteiger partial charge in [0.25, 0.3) is 0 Å². The Labute approximate surface area is 228 Å². The molecule has 212 valence electrons. The van der Waals surface area contributed by atoms with Crippen LogP contribution in [-0.4, -0.2) is 70.0 Å². The maximum absolute atomic E-state index is 14.0. The van der Waals surface area contributed by atoms with E-state index in [9.17, 15) is 21.6 Å². The molecule has 1 aromatic carbocycles. The Bertz CT molecular complexity index is 1300. The number of sulfonamides is 1. The lowest BCUT2D eigenvalue weighted by Gasteiger charge is -2.45. The molecule has 1 saturated heterocycles. The number of hydrogen-bond donors (Lipinski definition) is 2. The number of aryl methyl sites for hydroxylation is 1. The SMILES string of the molecule is CC1(C)C2CC[C@@]1(CS(=O)(=O)N1CCC3(CCc4ccccc43)CC1)[C@@H](NC(=O)[C@@H](N)CCS(C)(=O)=O)C2. The number of amides is 1. The van der Waals surface area contributed by atoms with Crippen molar-refractivity contribution in [1.82, 2.24) is 9.62 Å². The van der Waals surface area contributed by atoms with Gasteiger partial charge in [-0.05, 0) is 79.2 Å². The molecule has 5 rings (SSSR count). The highest BCUT2D eigenvalue weighted by Gasteiger charge is 2.66. The van der Waals surface area contributed by atoms with Crippen molar-refractivity contribution in [3.8, 4) is 0 Å². The molecule has 4 atom stereocenters. The smallest absolute Gasteiger partial charge is 0.237 e. The van der Waals surface area contributed by atoms with Gasteiger partial charge >= 0.3 is 0 Å². The summed E-state index contributed by atoms with van der Waals surface area (Å²) in [7, 11) is -6.78. The second-order valence-electron chi connectivity index (χ2n) is 13.0. The Morgan fingerprint density at radius 2 is 1.79 bits per heavy atom. The summed E-state index contributed by atoms with van der Waals surface area (Å²) in [6, 6.07) is 7.37. The van der Waals surface area contributed by atoms with Crippen molar-refractivity contribution >= 4 is 25.8 Å². The highest BCUT2D eigenvalue weighted by atomic mass is 32.2. The summed E-state index contributed by atoms with van der Waals surface area (Å²) in [5, 5.41) is 3.08. The van der Waals surface area contributed by atoms with Crippen molar-refractivity contribution in [1.29, 1.82) is 0 Å². The van der Waals surface area contributed by atoms with Crippen molar-refractivity contribution in [3.63, 3.8) is 0 Å². The zero-order chi connectivity index (χ0) is 27.6. The number of benzene rings is 1. The minimum atomic E-state index is -3.55. The Morgan fingerprint density at radius 3 is 2.45 bits per heavy atom. The number of hydrogen-bond acceptors (Lipinski definition) is 6. The van der Waals surface area contributed by atoms with Crippen LogP contribution >= 0.6 is 0 Å². The summed E-state index contributed by atoms with van der Waals surface area (Å²) in [6.07, 6.45) is 7.45. The molecule has 1 aliphatic heterocycles. The first-order valence-corrected chi connectivity index (χ1v) is 17.7. The first kappa shape index (κ1) is 28.1. The van der Waals surface area contributed by atoms with Crippen LogP contribution in [0.25, 0.3) is 0 Å².